The van der Waals surface area contributed by atoms with Crippen molar-refractivity contribution in [3.8, 4) is 0 Å². The average molecular weight is 267 g/mol. The molecule has 1 aromatic rings. The molecule has 0 bridgehead atoms. The van der Waals surface area contributed by atoms with Crippen molar-refractivity contribution in [3.63, 3.8) is 0 Å². The Morgan fingerprint density at radius 1 is 1.67 bits per heavy atom. The van der Waals surface area contributed by atoms with Gasteiger partial charge in [-0.3, -0.25) is 4.79 Å². The lowest BCUT2D eigenvalue weighted by atomic mass is 9.92. The molecule has 5 heteroatoms. The Balaban J connectivity index is 1.90. The zero-order valence-electron chi connectivity index (χ0n) is 11.2. The Labute approximate surface area is 112 Å². The number of aryl methyl sites for hydroxylation is 1. The minimum atomic E-state index is 0.0152. The van der Waals surface area contributed by atoms with Crippen molar-refractivity contribution in [1.82, 2.24) is 15.6 Å². The van der Waals surface area contributed by atoms with Crippen LogP contribution >= 0.6 is 11.3 Å². The third-order valence-electron chi connectivity index (χ3n) is 3.36. The molecule has 1 unspecified atom stereocenters. The van der Waals surface area contributed by atoms with Crippen molar-refractivity contribution >= 4 is 17.2 Å². The van der Waals surface area contributed by atoms with Crippen molar-refractivity contribution in [2.45, 2.75) is 45.7 Å². The molecule has 1 amide bonds. The van der Waals surface area contributed by atoms with Crippen LogP contribution in [-0.2, 0) is 4.79 Å². The van der Waals surface area contributed by atoms with Gasteiger partial charge in [-0.05, 0) is 40.2 Å². The Morgan fingerprint density at radius 3 is 3.06 bits per heavy atom. The molecule has 1 aliphatic rings. The average Bonchev–Trinajstić information content (AvgIpc) is 2.76. The Kier molecular flexibility index (Phi) is 4.35. The van der Waals surface area contributed by atoms with Crippen LogP contribution in [0.4, 0.5) is 0 Å². The molecule has 18 heavy (non-hydrogen) atoms. The van der Waals surface area contributed by atoms with E-state index < -0.39 is 0 Å². The summed E-state index contributed by atoms with van der Waals surface area (Å²) in [5, 5.41) is 9.45. The number of thiazole rings is 1. The van der Waals surface area contributed by atoms with Crippen LogP contribution in [-0.4, -0.2) is 23.5 Å². The highest BCUT2D eigenvalue weighted by atomic mass is 32.1. The Bertz CT molecular complexity index is 418. The molecular weight excluding hydrogens is 246 g/mol. The number of nitrogens with zero attached hydrogens (tertiary/aromatic N) is 1. The summed E-state index contributed by atoms with van der Waals surface area (Å²) in [6.45, 7) is 7.04. The van der Waals surface area contributed by atoms with Crippen LogP contribution in [0.1, 0.15) is 43.4 Å². The van der Waals surface area contributed by atoms with E-state index in [0.29, 0.717) is 6.04 Å². The maximum atomic E-state index is 12.2. The van der Waals surface area contributed by atoms with Gasteiger partial charge in [0.25, 0.3) is 0 Å². The highest BCUT2D eigenvalue weighted by molar-refractivity contribution is 7.09. The van der Waals surface area contributed by atoms with Crippen molar-refractivity contribution in [1.29, 1.82) is 0 Å². The van der Waals surface area contributed by atoms with Crippen molar-refractivity contribution in [3.05, 3.63) is 16.1 Å². The van der Waals surface area contributed by atoms with Gasteiger partial charge < -0.3 is 10.6 Å². The second-order valence-corrected chi connectivity index (χ2v) is 6.02. The van der Waals surface area contributed by atoms with Crippen LogP contribution in [0.2, 0.25) is 0 Å². The normalized spacial score (nSPS) is 25.7. The molecule has 0 radical (unpaired) electrons. The highest BCUT2D eigenvalue weighted by Crippen LogP contribution is 2.20. The van der Waals surface area contributed by atoms with E-state index in [0.717, 1.165) is 30.1 Å². The Hall–Kier alpha value is -0.940. The van der Waals surface area contributed by atoms with Crippen molar-refractivity contribution in [2.75, 3.05) is 6.54 Å². The molecule has 0 aromatic carbocycles. The SMILES string of the molecule is Cc1csc(C(C)NC(=O)[C@H]2CCN[C@@H](C)C2)n1. The highest BCUT2D eigenvalue weighted by Gasteiger charge is 2.26. The van der Waals surface area contributed by atoms with E-state index in [2.05, 4.69) is 22.5 Å². The summed E-state index contributed by atoms with van der Waals surface area (Å²) in [5.74, 6) is 0.313. The van der Waals surface area contributed by atoms with Gasteiger partial charge >= 0.3 is 0 Å². The van der Waals surface area contributed by atoms with E-state index in [4.69, 9.17) is 0 Å². The van der Waals surface area contributed by atoms with E-state index in [1.807, 2.05) is 19.2 Å². The lowest BCUT2D eigenvalue weighted by Crippen LogP contribution is -2.42. The quantitative estimate of drug-likeness (QED) is 0.881. The van der Waals surface area contributed by atoms with Crippen molar-refractivity contribution in [2.24, 2.45) is 5.92 Å². The molecule has 1 fully saturated rings. The third kappa shape index (κ3) is 3.29. The number of aromatic nitrogens is 1. The first kappa shape index (κ1) is 13.5. The second-order valence-electron chi connectivity index (χ2n) is 5.13. The number of hydrogen-bond acceptors (Lipinski definition) is 4. The van der Waals surface area contributed by atoms with Crippen molar-refractivity contribution < 1.29 is 4.79 Å². The van der Waals surface area contributed by atoms with Gasteiger partial charge in [0.15, 0.2) is 0 Å². The van der Waals surface area contributed by atoms with Crippen LogP contribution in [0.15, 0.2) is 5.38 Å². The number of hydrogen-bond donors (Lipinski definition) is 2. The van der Waals surface area contributed by atoms with Gasteiger partial charge in [0.05, 0.1) is 6.04 Å². The summed E-state index contributed by atoms with van der Waals surface area (Å²) >= 11 is 1.61. The van der Waals surface area contributed by atoms with Gasteiger partial charge in [0.1, 0.15) is 5.01 Å². The van der Waals surface area contributed by atoms with Gasteiger partial charge in [-0.25, -0.2) is 4.98 Å². The first-order valence-electron chi connectivity index (χ1n) is 6.52. The fourth-order valence-electron chi connectivity index (χ4n) is 2.33. The fourth-order valence-corrected chi connectivity index (χ4v) is 3.14. The minimum absolute atomic E-state index is 0.0152. The van der Waals surface area contributed by atoms with Gasteiger partial charge in [-0.15, -0.1) is 11.3 Å². The molecule has 0 saturated carbocycles. The first-order chi connectivity index (χ1) is 8.56. The van der Waals surface area contributed by atoms with Crippen LogP contribution < -0.4 is 10.6 Å². The molecule has 2 heterocycles. The first-order valence-corrected chi connectivity index (χ1v) is 7.40. The molecule has 1 aromatic heterocycles. The van der Waals surface area contributed by atoms with E-state index in [-0.39, 0.29) is 17.9 Å². The van der Waals surface area contributed by atoms with Gasteiger partial charge in [0.2, 0.25) is 5.91 Å². The molecule has 4 nitrogen and oxygen atoms in total. The number of carbonyl (C=O) groups excluding carboxylic acids is 1. The maximum absolute atomic E-state index is 12.2. The predicted octanol–water partition coefficient (Wildman–Crippen LogP) is 2.02. The topological polar surface area (TPSA) is 54.0 Å². The lowest BCUT2D eigenvalue weighted by Gasteiger charge is -2.27. The number of rotatable bonds is 3. The summed E-state index contributed by atoms with van der Waals surface area (Å²) in [6.07, 6.45) is 1.86. The number of amides is 1. The summed E-state index contributed by atoms with van der Waals surface area (Å²) in [7, 11) is 0. The fraction of sp³-hybridized carbons (Fsp3) is 0.692. The third-order valence-corrected chi connectivity index (χ3v) is 4.51. The molecule has 3 atom stereocenters. The number of carbonyl (C=O) groups is 1. The van der Waals surface area contributed by atoms with Gasteiger partial charge in [0, 0.05) is 23.0 Å². The predicted molar refractivity (Wildman–Crippen MR) is 73.6 cm³/mol. The zero-order valence-corrected chi connectivity index (χ0v) is 12.0. The summed E-state index contributed by atoms with van der Waals surface area (Å²) in [4.78, 5) is 16.6. The molecule has 100 valence electrons. The number of piperidine rings is 1. The smallest absolute Gasteiger partial charge is 0.223 e. The molecule has 1 saturated heterocycles. The van der Waals surface area contributed by atoms with Crippen LogP contribution in [0.3, 0.4) is 0 Å². The molecule has 2 N–H and O–H groups in total. The molecule has 2 rings (SSSR count). The minimum Gasteiger partial charge on any atom is -0.347 e. The molecule has 0 aliphatic carbocycles. The second kappa shape index (κ2) is 5.80. The summed E-state index contributed by atoms with van der Waals surface area (Å²) in [6, 6.07) is 0.452. The zero-order chi connectivity index (χ0) is 13.1. The summed E-state index contributed by atoms with van der Waals surface area (Å²) in [5.41, 5.74) is 1.02. The molecule has 0 spiro atoms. The lowest BCUT2D eigenvalue weighted by molar-refractivity contribution is -0.126. The largest absolute Gasteiger partial charge is 0.347 e. The molecular formula is C13H21N3OS. The Morgan fingerprint density at radius 2 is 2.44 bits per heavy atom. The van der Waals surface area contributed by atoms with E-state index in [1.54, 1.807) is 11.3 Å². The summed E-state index contributed by atoms with van der Waals surface area (Å²) < 4.78 is 0. The van der Waals surface area contributed by atoms with E-state index in [9.17, 15) is 4.79 Å². The maximum Gasteiger partial charge on any atom is 0.223 e. The van der Waals surface area contributed by atoms with Crippen LogP contribution in [0.5, 0.6) is 0 Å². The molecule has 1 aliphatic heterocycles. The monoisotopic (exact) mass is 267 g/mol. The van der Waals surface area contributed by atoms with E-state index in [1.165, 1.54) is 0 Å². The number of nitrogens with one attached hydrogen (secondary N) is 2. The van der Waals surface area contributed by atoms with Crippen LogP contribution in [0, 0.1) is 12.8 Å². The van der Waals surface area contributed by atoms with Gasteiger partial charge in [-0.1, -0.05) is 0 Å². The van der Waals surface area contributed by atoms with E-state index >= 15 is 0 Å². The van der Waals surface area contributed by atoms with Crippen LogP contribution in [0.25, 0.3) is 0 Å². The van der Waals surface area contributed by atoms with Gasteiger partial charge in [-0.2, -0.15) is 0 Å². The standard InChI is InChI=1S/C13H21N3OS/c1-8-6-11(4-5-14-8)12(17)16-10(3)13-15-9(2)7-18-13/h7-8,10-11,14H,4-6H2,1-3H3,(H,16,17)/t8-,10?,11-/m0/s1.